The van der Waals surface area contributed by atoms with Gasteiger partial charge in [-0.25, -0.2) is 0 Å². The number of nitrogens with one attached hydrogen (secondary N) is 1. The van der Waals surface area contributed by atoms with Crippen molar-refractivity contribution in [2.24, 2.45) is 13.0 Å². The normalized spacial score (nSPS) is 15.8. The molecule has 0 aliphatic heterocycles. The molecule has 0 saturated heterocycles. The third-order valence-corrected chi connectivity index (χ3v) is 3.88. The fourth-order valence-corrected chi connectivity index (χ4v) is 2.69. The molecule has 110 valence electrons. The third kappa shape index (κ3) is 3.08. The van der Waals surface area contributed by atoms with Gasteiger partial charge >= 0.3 is 0 Å². The molecule has 3 rings (SSSR count). The van der Waals surface area contributed by atoms with Gasteiger partial charge in [0.15, 0.2) is 5.69 Å². The summed E-state index contributed by atoms with van der Waals surface area (Å²) < 4.78 is 1.54. The van der Waals surface area contributed by atoms with Crippen LogP contribution in [0.4, 0.5) is 0 Å². The van der Waals surface area contributed by atoms with E-state index in [0.29, 0.717) is 10.9 Å². The van der Waals surface area contributed by atoms with Crippen LogP contribution < -0.4 is 5.32 Å². The zero-order chi connectivity index (χ0) is 15.0. The van der Waals surface area contributed by atoms with Crippen molar-refractivity contribution in [2.45, 2.75) is 25.8 Å². The maximum absolute atomic E-state index is 12.4. The number of hydrogen-bond acceptors (Lipinski definition) is 3. The number of aromatic nitrogens is 3. The summed E-state index contributed by atoms with van der Waals surface area (Å²) in [5, 5.41) is 7.50. The summed E-state index contributed by atoms with van der Waals surface area (Å²) in [5.41, 5.74) is 2.11. The van der Waals surface area contributed by atoms with Crippen LogP contribution in [0.1, 0.15) is 40.8 Å². The van der Waals surface area contributed by atoms with E-state index in [4.69, 9.17) is 11.6 Å². The third-order valence-electron chi connectivity index (χ3n) is 3.61. The minimum absolute atomic E-state index is 0.0736. The molecule has 0 aromatic carbocycles. The molecule has 0 bridgehead atoms. The predicted octanol–water partition coefficient (Wildman–Crippen LogP) is 2.66. The van der Waals surface area contributed by atoms with Crippen molar-refractivity contribution >= 4 is 17.5 Å². The molecule has 6 heteroatoms. The minimum Gasteiger partial charge on any atom is -0.342 e. The van der Waals surface area contributed by atoms with E-state index in [1.54, 1.807) is 13.2 Å². The Labute approximate surface area is 128 Å². The summed E-state index contributed by atoms with van der Waals surface area (Å²) in [5.74, 6) is 0.201. The quantitative estimate of drug-likeness (QED) is 0.944. The molecule has 0 radical (unpaired) electrons. The largest absolute Gasteiger partial charge is 0.342 e. The molecule has 5 nitrogen and oxygen atoms in total. The van der Waals surface area contributed by atoms with Gasteiger partial charge in [-0.3, -0.25) is 14.5 Å². The SMILES string of the molecule is Cc1cccc(C(NC(=O)c2nn(C)cc2Cl)C2CC2)n1. The number of amides is 1. The summed E-state index contributed by atoms with van der Waals surface area (Å²) in [6, 6.07) is 5.80. The van der Waals surface area contributed by atoms with E-state index in [0.717, 1.165) is 24.2 Å². The molecular weight excluding hydrogens is 288 g/mol. The first-order valence-electron chi connectivity index (χ1n) is 6.98. The van der Waals surface area contributed by atoms with Gasteiger partial charge in [-0.1, -0.05) is 17.7 Å². The molecule has 21 heavy (non-hydrogen) atoms. The van der Waals surface area contributed by atoms with E-state index in [9.17, 15) is 4.79 Å². The van der Waals surface area contributed by atoms with Crippen LogP contribution >= 0.6 is 11.6 Å². The Morgan fingerprint density at radius 3 is 2.81 bits per heavy atom. The fraction of sp³-hybridized carbons (Fsp3) is 0.400. The summed E-state index contributed by atoms with van der Waals surface area (Å²) in [6.45, 7) is 1.95. The van der Waals surface area contributed by atoms with E-state index in [2.05, 4.69) is 15.4 Å². The van der Waals surface area contributed by atoms with Crippen LogP contribution in [-0.4, -0.2) is 20.7 Å². The van der Waals surface area contributed by atoms with Crippen molar-refractivity contribution < 1.29 is 4.79 Å². The molecule has 2 heterocycles. The van der Waals surface area contributed by atoms with E-state index in [1.807, 2.05) is 25.1 Å². The monoisotopic (exact) mass is 304 g/mol. The molecule has 1 aliphatic carbocycles. The molecule has 1 unspecified atom stereocenters. The van der Waals surface area contributed by atoms with Gasteiger partial charge in [0.2, 0.25) is 0 Å². The molecule has 2 aromatic heterocycles. The zero-order valence-corrected chi connectivity index (χ0v) is 12.8. The van der Waals surface area contributed by atoms with Crippen molar-refractivity contribution in [1.82, 2.24) is 20.1 Å². The van der Waals surface area contributed by atoms with Crippen molar-refractivity contribution in [2.75, 3.05) is 0 Å². The van der Waals surface area contributed by atoms with Crippen molar-refractivity contribution in [3.05, 3.63) is 46.5 Å². The molecule has 1 saturated carbocycles. The number of hydrogen-bond donors (Lipinski definition) is 1. The lowest BCUT2D eigenvalue weighted by Gasteiger charge is -2.17. The Bertz CT molecular complexity index is 678. The van der Waals surface area contributed by atoms with Crippen LogP contribution in [-0.2, 0) is 7.05 Å². The zero-order valence-electron chi connectivity index (χ0n) is 12.0. The minimum atomic E-state index is -0.249. The summed E-state index contributed by atoms with van der Waals surface area (Å²) >= 11 is 6.03. The van der Waals surface area contributed by atoms with E-state index in [1.165, 1.54) is 4.68 Å². The Balaban J connectivity index is 1.83. The Morgan fingerprint density at radius 2 is 2.24 bits per heavy atom. The van der Waals surface area contributed by atoms with Gasteiger partial charge in [-0.15, -0.1) is 0 Å². The van der Waals surface area contributed by atoms with Crippen LogP contribution in [0.25, 0.3) is 0 Å². The fourth-order valence-electron chi connectivity index (χ4n) is 2.42. The maximum Gasteiger partial charge on any atom is 0.273 e. The lowest BCUT2D eigenvalue weighted by Crippen LogP contribution is -2.31. The highest BCUT2D eigenvalue weighted by Gasteiger charge is 2.35. The highest BCUT2D eigenvalue weighted by atomic mass is 35.5. The molecular formula is C15H17ClN4O. The smallest absolute Gasteiger partial charge is 0.273 e. The summed E-state index contributed by atoms with van der Waals surface area (Å²) in [7, 11) is 1.74. The van der Waals surface area contributed by atoms with Crippen LogP contribution in [0.3, 0.4) is 0 Å². The van der Waals surface area contributed by atoms with Gasteiger partial charge in [0.25, 0.3) is 5.91 Å². The lowest BCUT2D eigenvalue weighted by molar-refractivity contribution is 0.0925. The second-order valence-electron chi connectivity index (χ2n) is 5.49. The highest BCUT2D eigenvalue weighted by Crippen LogP contribution is 2.40. The summed E-state index contributed by atoms with van der Waals surface area (Å²) in [6.07, 6.45) is 3.83. The van der Waals surface area contributed by atoms with Gasteiger partial charge in [0.05, 0.1) is 16.8 Å². The van der Waals surface area contributed by atoms with Crippen molar-refractivity contribution in [3.8, 4) is 0 Å². The Kier molecular flexibility index (Phi) is 3.68. The maximum atomic E-state index is 12.4. The van der Waals surface area contributed by atoms with E-state index >= 15 is 0 Å². The first kappa shape index (κ1) is 14.1. The van der Waals surface area contributed by atoms with Crippen LogP contribution in [0.15, 0.2) is 24.4 Å². The van der Waals surface area contributed by atoms with Gasteiger partial charge in [0.1, 0.15) is 0 Å². The van der Waals surface area contributed by atoms with Gasteiger partial charge in [-0.2, -0.15) is 5.10 Å². The van der Waals surface area contributed by atoms with E-state index in [-0.39, 0.29) is 17.6 Å². The average Bonchev–Trinajstić information content (AvgIpc) is 3.21. The molecule has 0 spiro atoms. The lowest BCUT2D eigenvalue weighted by atomic mass is 10.1. The number of pyridine rings is 1. The number of nitrogens with zero attached hydrogens (tertiary/aromatic N) is 3. The van der Waals surface area contributed by atoms with E-state index < -0.39 is 0 Å². The van der Waals surface area contributed by atoms with Crippen LogP contribution in [0, 0.1) is 12.8 Å². The molecule has 2 aromatic rings. The Morgan fingerprint density at radius 1 is 1.48 bits per heavy atom. The first-order chi connectivity index (χ1) is 10.0. The van der Waals surface area contributed by atoms with Gasteiger partial charge in [-0.05, 0) is 37.8 Å². The second-order valence-corrected chi connectivity index (χ2v) is 5.90. The molecule has 1 atom stereocenters. The summed E-state index contributed by atoms with van der Waals surface area (Å²) in [4.78, 5) is 16.9. The standard InChI is InChI=1S/C15H17ClN4O/c1-9-4-3-5-12(17-9)13(10-6-7-10)18-15(21)14-11(16)8-20(2)19-14/h3-5,8,10,13H,6-7H2,1-2H3,(H,18,21). The van der Waals surface area contributed by atoms with Gasteiger partial charge in [0, 0.05) is 18.9 Å². The molecule has 1 aliphatic rings. The molecule has 1 fully saturated rings. The number of carbonyl (C=O) groups excluding carboxylic acids is 1. The van der Waals surface area contributed by atoms with Gasteiger partial charge < -0.3 is 5.32 Å². The van der Waals surface area contributed by atoms with Crippen LogP contribution in [0.2, 0.25) is 5.02 Å². The average molecular weight is 305 g/mol. The second kappa shape index (κ2) is 5.48. The van der Waals surface area contributed by atoms with Crippen LogP contribution in [0.5, 0.6) is 0 Å². The number of carbonyl (C=O) groups is 1. The molecule has 1 N–H and O–H groups in total. The van der Waals surface area contributed by atoms with Crippen molar-refractivity contribution in [1.29, 1.82) is 0 Å². The predicted molar refractivity (Wildman–Crippen MR) is 80.1 cm³/mol. The number of halogens is 1. The number of aryl methyl sites for hydroxylation is 2. The topological polar surface area (TPSA) is 59.8 Å². The first-order valence-corrected chi connectivity index (χ1v) is 7.36. The van der Waals surface area contributed by atoms with Crippen molar-refractivity contribution in [3.63, 3.8) is 0 Å². The molecule has 1 amide bonds. The highest BCUT2D eigenvalue weighted by molar-refractivity contribution is 6.33. The number of rotatable bonds is 4. The Hall–Kier alpha value is -1.88.